The molecular weight excluding hydrogens is 274 g/mol. The van der Waals surface area contributed by atoms with E-state index in [1.807, 2.05) is 18.2 Å². The van der Waals surface area contributed by atoms with Crippen LogP contribution in [0.15, 0.2) is 48.5 Å². The molecule has 3 heteroatoms. The molecule has 2 aliphatic heterocycles. The van der Waals surface area contributed by atoms with Crippen molar-refractivity contribution in [1.82, 2.24) is 4.90 Å². The van der Waals surface area contributed by atoms with E-state index in [0.29, 0.717) is 5.92 Å². The summed E-state index contributed by atoms with van der Waals surface area (Å²) in [6, 6.07) is 16.7. The van der Waals surface area contributed by atoms with Crippen LogP contribution in [0.4, 0.5) is 0 Å². The monoisotopic (exact) mass is 295 g/mol. The summed E-state index contributed by atoms with van der Waals surface area (Å²) < 4.78 is 12.6. The van der Waals surface area contributed by atoms with Crippen molar-refractivity contribution in [3.63, 3.8) is 0 Å². The molecular formula is C19H21NO2. The van der Waals surface area contributed by atoms with Crippen LogP contribution < -0.4 is 4.74 Å². The molecule has 0 bridgehead atoms. The highest BCUT2D eigenvalue weighted by molar-refractivity contribution is 5.51. The Morgan fingerprint density at radius 3 is 2.59 bits per heavy atom. The minimum absolute atomic E-state index is 0.327. The van der Waals surface area contributed by atoms with Crippen molar-refractivity contribution >= 4 is 0 Å². The SMILES string of the molecule is CN(C)CC12OCCC1c1ccccc1Oc1ccccc12. The minimum atomic E-state index is -0.327. The van der Waals surface area contributed by atoms with Crippen molar-refractivity contribution in [1.29, 1.82) is 0 Å². The highest BCUT2D eigenvalue weighted by atomic mass is 16.5. The Morgan fingerprint density at radius 2 is 1.77 bits per heavy atom. The lowest BCUT2D eigenvalue weighted by Gasteiger charge is -2.36. The van der Waals surface area contributed by atoms with Crippen LogP contribution in [0.25, 0.3) is 0 Å². The van der Waals surface area contributed by atoms with Crippen molar-refractivity contribution in [2.45, 2.75) is 17.9 Å². The molecule has 0 aromatic heterocycles. The molecule has 114 valence electrons. The molecule has 0 radical (unpaired) electrons. The van der Waals surface area contributed by atoms with Gasteiger partial charge in [0, 0.05) is 30.2 Å². The third-order valence-electron chi connectivity index (χ3n) is 4.74. The first-order chi connectivity index (χ1) is 10.7. The summed E-state index contributed by atoms with van der Waals surface area (Å²) in [4.78, 5) is 2.21. The van der Waals surface area contributed by atoms with E-state index in [9.17, 15) is 0 Å². The first-order valence-corrected chi connectivity index (χ1v) is 7.86. The lowest BCUT2D eigenvalue weighted by molar-refractivity contribution is -0.0282. The van der Waals surface area contributed by atoms with Crippen molar-refractivity contribution in [3.05, 3.63) is 59.7 Å². The topological polar surface area (TPSA) is 21.7 Å². The van der Waals surface area contributed by atoms with Crippen molar-refractivity contribution in [2.75, 3.05) is 27.2 Å². The smallest absolute Gasteiger partial charge is 0.133 e. The second kappa shape index (κ2) is 5.11. The van der Waals surface area contributed by atoms with Crippen LogP contribution in [-0.4, -0.2) is 32.1 Å². The first-order valence-electron chi connectivity index (χ1n) is 7.86. The number of hydrogen-bond donors (Lipinski definition) is 0. The van der Waals surface area contributed by atoms with Crippen LogP contribution in [0.3, 0.4) is 0 Å². The third-order valence-corrected chi connectivity index (χ3v) is 4.74. The second-order valence-corrected chi connectivity index (χ2v) is 6.45. The summed E-state index contributed by atoms with van der Waals surface area (Å²) >= 11 is 0. The summed E-state index contributed by atoms with van der Waals surface area (Å²) in [5.74, 6) is 2.21. The standard InChI is InChI=1S/C19H21NO2/c1-20(2)13-19-15(11-12-21-19)14-7-3-5-9-17(14)22-18-10-6-4-8-16(18)19/h3-10,15H,11-13H2,1-2H3. The fourth-order valence-electron chi connectivity index (χ4n) is 3.96. The predicted octanol–water partition coefficient (Wildman–Crippen LogP) is 3.75. The van der Waals surface area contributed by atoms with E-state index >= 15 is 0 Å². The number of rotatable bonds is 2. The highest BCUT2D eigenvalue weighted by Crippen LogP contribution is 2.55. The Kier molecular flexibility index (Phi) is 3.21. The maximum atomic E-state index is 6.40. The summed E-state index contributed by atoms with van der Waals surface area (Å²) in [5.41, 5.74) is 2.10. The van der Waals surface area contributed by atoms with Gasteiger partial charge in [0.2, 0.25) is 0 Å². The largest absolute Gasteiger partial charge is 0.457 e. The number of benzene rings is 2. The van der Waals surface area contributed by atoms with Gasteiger partial charge < -0.3 is 14.4 Å². The lowest BCUT2D eigenvalue weighted by Crippen LogP contribution is -2.41. The van der Waals surface area contributed by atoms with Crippen LogP contribution >= 0.6 is 0 Å². The zero-order valence-corrected chi connectivity index (χ0v) is 13.1. The average Bonchev–Trinajstić information content (AvgIpc) is 2.87. The lowest BCUT2D eigenvalue weighted by atomic mass is 9.77. The molecule has 2 aliphatic rings. The van der Waals surface area contributed by atoms with Crippen molar-refractivity contribution in [3.8, 4) is 11.5 Å². The zero-order chi connectivity index (χ0) is 15.2. The fourth-order valence-corrected chi connectivity index (χ4v) is 3.96. The normalized spacial score (nSPS) is 25.9. The first kappa shape index (κ1) is 13.8. The molecule has 2 heterocycles. The summed E-state index contributed by atoms with van der Waals surface area (Å²) in [6.07, 6.45) is 1.03. The molecule has 2 aromatic rings. The third kappa shape index (κ3) is 1.97. The predicted molar refractivity (Wildman–Crippen MR) is 86.5 cm³/mol. The molecule has 2 aromatic carbocycles. The maximum absolute atomic E-state index is 6.40. The van der Waals surface area contributed by atoms with Crippen LogP contribution in [0.2, 0.25) is 0 Å². The summed E-state index contributed by atoms with van der Waals surface area (Å²) in [6.45, 7) is 1.65. The van der Waals surface area contributed by atoms with Gasteiger partial charge in [0.25, 0.3) is 0 Å². The van der Waals surface area contributed by atoms with Gasteiger partial charge in [-0.05, 0) is 32.6 Å². The van der Waals surface area contributed by atoms with Gasteiger partial charge in [0.15, 0.2) is 0 Å². The van der Waals surface area contributed by atoms with E-state index in [-0.39, 0.29) is 5.60 Å². The Hall–Kier alpha value is -1.84. The van der Waals surface area contributed by atoms with Gasteiger partial charge in [-0.15, -0.1) is 0 Å². The minimum Gasteiger partial charge on any atom is -0.457 e. The molecule has 2 atom stereocenters. The molecule has 1 fully saturated rings. The quantitative estimate of drug-likeness (QED) is 0.842. The fraction of sp³-hybridized carbons (Fsp3) is 0.368. The van der Waals surface area contributed by atoms with Gasteiger partial charge in [0.1, 0.15) is 17.1 Å². The summed E-state index contributed by atoms with van der Waals surface area (Å²) in [5, 5.41) is 0. The van der Waals surface area contributed by atoms with Gasteiger partial charge in [0.05, 0.1) is 0 Å². The highest BCUT2D eigenvalue weighted by Gasteiger charge is 2.50. The second-order valence-electron chi connectivity index (χ2n) is 6.45. The molecule has 3 nitrogen and oxygen atoms in total. The van der Waals surface area contributed by atoms with Gasteiger partial charge in [-0.1, -0.05) is 36.4 Å². The molecule has 4 rings (SSSR count). The Bertz CT molecular complexity index is 697. The molecule has 0 spiro atoms. The number of fused-ring (bicyclic) bond motifs is 5. The van der Waals surface area contributed by atoms with Crippen molar-refractivity contribution in [2.24, 2.45) is 0 Å². The number of nitrogens with zero attached hydrogens (tertiary/aromatic N) is 1. The summed E-state index contributed by atoms with van der Waals surface area (Å²) in [7, 11) is 4.21. The maximum Gasteiger partial charge on any atom is 0.133 e. The number of hydrogen-bond acceptors (Lipinski definition) is 3. The van der Waals surface area contributed by atoms with Gasteiger partial charge in [-0.3, -0.25) is 0 Å². The van der Waals surface area contributed by atoms with E-state index in [4.69, 9.17) is 9.47 Å². The van der Waals surface area contributed by atoms with Crippen LogP contribution in [0, 0.1) is 0 Å². The van der Waals surface area contributed by atoms with E-state index in [1.54, 1.807) is 0 Å². The molecule has 0 saturated carbocycles. The Labute approximate surface area is 131 Å². The molecule has 0 aliphatic carbocycles. The molecule has 1 saturated heterocycles. The van der Waals surface area contributed by atoms with Crippen LogP contribution in [-0.2, 0) is 10.3 Å². The zero-order valence-electron chi connectivity index (χ0n) is 13.1. The van der Waals surface area contributed by atoms with Gasteiger partial charge in [-0.2, -0.15) is 0 Å². The molecule has 0 amide bonds. The number of para-hydroxylation sites is 2. The Morgan fingerprint density at radius 1 is 1.05 bits per heavy atom. The number of ether oxygens (including phenoxy) is 2. The Balaban J connectivity index is 1.97. The molecule has 22 heavy (non-hydrogen) atoms. The van der Waals surface area contributed by atoms with E-state index in [2.05, 4.69) is 49.3 Å². The molecule has 0 N–H and O–H groups in total. The van der Waals surface area contributed by atoms with Crippen molar-refractivity contribution < 1.29 is 9.47 Å². The van der Waals surface area contributed by atoms with E-state index in [0.717, 1.165) is 31.1 Å². The van der Waals surface area contributed by atoms with Gasteiger partial charge >= 0.3 is 0 Å². The van der Waals surface area contributed by atoms with E-state index < -0.39 is 0 Å². The van der Waals surface area contributed by atoms with Crippen LogP contribution in [0.1, 0.15) is 23.5 Å². The number of likely N-dealkylation sites (N-methyl/N-ethyl adjacent to an activating group) is 1. The van der Waals surface area contributed by atoms with Gasteiger partial charge in [-0.25, -0.2) is 0 Å². The van der Waals surface area contributed by atoms with Crippen LogP contribution in [0.5, 0.6) is 11.5 Å². The molecule has 2 unspecified atom stereocenters. The van der Waals surface area contributed by atoms with E-state index in [1.165, 1.54) is 11.1 Å². The average molecular weight is 295 g/mol.